The molecule has 0 atom stereocenters. The molecular weight excluding hydrogens is 340 g/mol. The molecule has 0 fully saturated rings. The van der Waals surface area contributed by atoms with Crippen LogP contribution in [0.1, 0.15) is 0 Å². The molecule has 0 bridgehead atoms. The first-order valence-electron chi connectivity index (χ1n) is 7.52. The number of nitrogens with one attached hydrogen (secondary N) is 1. The lowest BCUT2D eigenvalue weighted by Gasteiger charge is -2.03. The average Bonchev–Trinajstić information content (AvgIpc) is 3.28. The maximum atomic E-state index is 12.7. The SMILES string of the molecule is COc1ccc(S(=O)(=O)c2ccc(-c3nc4ccccc4[nH]3)o2)cc1. The third-order valence-electron chi connectivity index (χ3n) is 3.84. The zero-order valence-electron chi connectivity index (χ0n) is 13.3. The van der Waals surface area contributed by atoms with E-state index in [9.17, 15) is 8.42 Å². The number of H-pyrrole nitrogens is 1. The summed E-state index contributed by atoms with van der Waals surface area (Å²) in [6.07, 6.45) is 0. The smallest absolute Gasteiger partial charge is 0.239 e. The number of imidazole rings is 1. The minimum atomic E-state index is -3.75. The van der Waals surface area contributed by atoms with Crippen LogP contribution in [0.5, 0.6) is 5.75 Å². The fourth-order valence-corrected chi connectivity index (χ4v) is 3.71. The molecule has 0 spiro atoms. The van der Waals surface area contributed by atoms with Crippen molar-refractivity contribution in [3.05, 3.63) is 60.7 Å². The van der Waals surface area contributed by atoms with Crippen LogP contribution in [0.25, 0.3) is 22.6 Å². The number of fused-ring (bicyclic) bond motifs is 1. The van der Waals surface area contributed by atoms with Crippen LogP contribution in [0.3, 0.4) is 0 Å². The van der Waals surface area contributed by atoms with Gasteiger partial charge in [-0.15, -0.1) is 0 Å². The van der Waals surface area contributed by atoms with Crippen molar-refractivity contribution in [2.24, 2.45) is 0 Å². The van der Waals surface area contributed by atoms with Crippen LogP contribution in [0, 0.1) is 0 Å². The number of hydrogen-bond acceptors (Lipinski definition) is 5. The molecule has 25 heavy (non-hydrogen) atoms. The average molecular weight is 354 g/mol. The predicted molar refractivity (Wildman–Crippen MR) is 92.2 cm³/mol. The first kappa shape index (κ1) is 15.5. The van der Waals surface area contributed by atoms with E-state index in [2.05, 4.69) is 9.97 Å². The molecule has 0 radical (unpaired) electrons. The summed E-state index contributed by atoms with van der Waals surface area (Å²) in [5.74, 6) is 1.43. The van der Waals surface area contributed by atoms with Crippen molar-refractivity contribution in [2.75, 3.05) is 7.11 Å². The Morgan fingerprint density at radius 1 is 1.00 bits per heavy atom. The first-order chi connectivity index (χ1) is 12.1. The number of benzene rings is 2. The highest BCUT2D eigenvalue weighted by Gasteiger charge is 2.23. The second-order valence-corrected chi connectivity index (χ2v) is 7.28. The third-order valence-corrected chi connectivity index (χ3v) is 5.48. The van der Waals surface area contributed by atoms with Gasteiger partial charge in [-0.25, -0.2) is 13.4 Å². The van der Waals surface area contributed by atoms with E-state index >= 15 is 0 Å². The van der Waals surface area contributed by atoms with E-state index in [1.165, 1.54) is 25.3 Å². The maximum absolute atomic E-state index is 12.7. The van der Waals surface area contributed by atoms with Crippen molar-refractivity contribution in [1.29, 1.82) is 0 Å². The topological polar surface area (TPSA) is 85.2 Å². The highest BCUT2D eigenvalue weighted by Crippen LogP contribution is 2.28. The summed E-state index contributed by atoms with van der Waals surface area (Å²) in [6.45, 7) is 0. The summed E-state index contributed by atoms with van der Waals surface area (Å²) < 4.78 is 36.0. The summed E-state index contributed by atoms with van der Waals surface area (Å²) in [4.78, 5) is 7.67. The Labute approximate surface area is 144 Å². The number of furan rings is 1. The number of hydrogen-bond donors (Lipinski definition) is 1. The number of ether oxygens (including phenoxy) is 1. The van der Waals surface area contributed by atoms with E-state index in [1.807, 2.05) is 24.3 Å². The van der Waals surface area contributed by atoms with Crippen molar-refractivity contribution >= 4 is 20.9 Å². The monoisotopic (exact) mass is 354 g/mol. The van der Waals surface area contributed by atoms with Gasteiger partial charge in [0.15, 0.2) is 11.6 Å². The van der Waals surface area contributed by atoms with Crippen LogP contribution >= 0.6 is 0 Å². The van der Waals surface area contributed by atoms with E-state index in [4.69, 9.17) is 9.15 Å². The number of methoxy groups -OCH3 is 1. The quantitative estimate of drug-likeness (QED) is 0.604. The first-order valence-corrected chi connectivity index (χ1v) is 9.00. The maximum Gasteiger partial charge on any atom is 0.239 e. The summed E-state index contributed by atoms with van der Waals surface area (Å²) >= 11 is 0. The van der Waals surface area contributed by atoms with Crippen LogP contribution in [-0.2, 0) is 9.84 Å². The van der Waals surface area contributed by atoms with E-state index in [0.29, 0.717) is 17.3 Å². The van der Waals surface area contributed by atoms with Crippen LogP contribution in [0.4, 0.5) is 0 Å². The molecule has 0 saturated carbocycles. The van der Waals surface area contributed by atoms with Gasteiger partial charge in [0.2, 0.25) is 14.9 Å². The molecule has 2 heterocycles. The molecule has 0 aliphatic carbocycles. The van der Waals surface area contributed by atoms with E-state index in [0.717, 1.165) is 11.0 Å². The molecule has 4 aromatic rings. The molecule has 2 aromatic heterocycles. The normalized spacial score (nSPS) is 11.7. The zero-order valence-corrected chi connectivity index (χ0v) is 14.1. The van der Waals surface area contributed by atoms with E-state index in [1.54, 1.807) is 18.2 Å². The van der Waals surface area contributed by atoms with Gasteiger partial charge in [0, 0.05) is 0 Å². The standard InChI is InChI=1S/C18H14N2O4S/c1-23-12-6-8-13(9-7-12)25(21,22)17-11-10-16(24-17)18-19-14-4-2-3-5-15(14)20-18/h2-11H,1H3,(H,19,20). The Hall–Kier alpha value is -3.06. The number of sulfone groups is 1. The van der Waals surface area contributed by atoms with Gasteiger partial charge in [0.1, 0.15) is 5.75 Å². The minimum Gasteiger partial charge on any atom is -0.497 e. The van der Waals surface area contributed by atoms with Gasteiger partial charge in [-0.05, 0) is 48.5 Å². The van der Waals surface area contributed by atoms with Gasteiger partial charge < -0.3 is 14.1 Å². The lowest BCUT2D eigenvalue weighted by molar-refractivity contribution is 0.414. The molecule has 0 saturated heterocycles. The number of para-hydroxylation sites is 2. The fraction of sp³-hybridized carbons (Fsp3) is 0.0556. The molecule has 7 heteroatoms. The zero-order chi connectivity index (χ0) is 17.4. The van der Waals surface area contributed by atoms with Gasteiger partial charge in [0.25, 0.3) is 0 Å². The molecule has 0 unspecified atom stereocenters. The number of aromatic amines is 1. The van der Waals surface area contributed by atoms with E-state index < -0.39 is 9.84 Å². The van der Waals surface area contributed by atoms with Crippen molar-refractivity contribution < 1.29 is 17.6 Å². The van der Waals surface area contributed by atoms with Gasteiger partial charge in [0.05, 0.1) is 23.0 Å². The molecule has 2 aromatic carbocycles. The van der Waals surface area contributed by atoms with Gasteiger partial charge >= 0.3 is 0 Å². The summed E-state index contributed by atoms with van der Waals surface area (Å²) in [6, 6.07) is 16.7. The largest absolute Gasteiger partial charge is 0.497 e. The Bertz CT molecular complexity index is 1110. The summed E-state index contributed by atoms with van der Waals surface area (Å²) in [5.41, 5.74) is 1.64. The predicted octanol–water partition coefficient (Wildman–Crippen LogP) is 3.66. The lowest BCUT2D eigenvalue weighted by Crippen LogP contribution is -2.00. The Morgan fingerprint density at radius 3 is 2.48 bits per heavy atom. The highest BCUT2D eigenvalue weighted by molar-refractivity contribution is 7.91. The minimum absolute atomic E-state index is 0.131. The molecule has 0 aliphatic rings. The third kappa shape index (κ3) is 2.68. The second-order valence-electron chi connectivity index (χ2n) is 5.40. The molecular formula is C18H14N2O4S. The summed E-state index contributed by atoms with van der Waals surface area (Å²) in [5, 5.41) is -0.131. The van der Waals surface area contributed by atoms with Crippen LogP contribution in [-0.4, -0.2) is 25.5 Å². The molecule has 4 rings (SSSR count). The Balaban J connectivity index is 1.72. The molecule has 1 N–H and O–H groups in total. The van der Waals surface area contributed by atoms with Crippen molar-refractivity contribution in [3.63, 3.8) is 0 Å². The number of rotatable bonds is 4. The second kappa shape index (κ2) is 5.78. The molecule has 0 aliphatic heterocycles. The fourth-order valence-electron chi connectivity index (χ4n) is 2.53. The Kier molecular flexibility index (Phi) is 3.58. The van der Waals surface area contributed by atoms with Crippen LogP contribution in [0.2, 0.25) is 0 Å². The van der Waals surface area contributed by atoms with Crippen molar-refractivity contribution in [3.8, 4) is 17.3 Å². The van der Waals surface area contributed by atoms with Gasteiger partial charge in [-0.2, -0.15) is 0 Å². The van der Waals surface area contributed by atoms with Crippen molar-refractivity contribution in [2.45, 2.75) is 9.99 Å². The molecule has 126 valence electrons. The lowest BCUT2D eigenvalue weighted by atomic mass is 10.3. The van der Waals surface area contributed by atoms with Crippen molar-refractivity contribution in [1.82, 2.24) is 9.97 Å². The van der Waals surface area contributed by atoms with Crippen LogP contribution in [0.15, 0.2) is 75.1 Å². The molecule has 6 nitrogen and oxygen atoms in total. The van der Waals surface area contributed by atoms with Gasteiger partial charge in [-0.3, -0.25) is 0 Å². The van der Waals surface area contributed by atoms with Crippen LogP contribution < -0.4 is 4.74 Å². The highest BCUT2D eigenvalue weighted by atomic mass is 32.2. The Morgan fingerprint density at radius 2 is 1.76 bits per heavy atom. The van der Waals surface area contributed by atoms with Gasteiger partial charge in [-0.1, -0.05) is 12.1 Å². The number of aromatic nitrogens is 2. The molecule has 0 amide bonds. The van der Waals surface area contributed by atoms with E-state index in [-0.39, 0.29) is 9.99 Å². The summed E-state index contributed by atoms with van der Waals surface area (Å²) in [7, 11) is -2.22. The number of nitrogens with zero attached hydrogens (tertiary/aromatic N) is 1.